The number of carbonyl (C=O) groups is 2. The van der Waals surface area contributed by atoms with Gasteiger partial charge in [-0.05, 0) is 25.3 Å². The minimum Gasteiger partial charge on any atom is -0.480 e. The Morgan fingerprint density at radius 1 is 1.47 bits per heavy atom. The van der Waals surface area contributed by atoms with Crippen LogP contribution in [0, 0.1) is 5.92 Å². The number of aliphatic carboxylic acids is 1. The summed E-state index contributed by atoms with van der Waals surface area (Å²) in [5.41, 5.74) is 0. The molecule has 1 aliphatic heterocycles. The first-order valence-corrected chi connectivity index (χ1v) is 6.22. The van der Waals surface area contributed by atoms with Crippen LogP contribution in [0.3, 0.4) is 0 Å². The smallest absolute Gasteiger partial charge is 0.317 e. The van der Waals surface area contributed by atoms with Crippen molar-refractivity contribution in [3.8, 4) is 0 Å². The number of carbonyl (C=O) groups excluding carboxylic acids is 1. The zero-order valence-electron chi connectivity index (χ0n) is 10.7. The summed E-state index contributed by atoms with van der Waals surface area (Å²) >= 11 is 0. The van der Waals surface area contributed by atoms with Crippen molar-refractivity contribution in [2.24, 2.45) is 5.92 Å². The highest BCUT2D eigenvalue weighted by Gasteiger charge is 2.23. The van der Waals surface area contributed by atoms with Crippen LogP contribution in [0.15, 0.2) is 0 Å². The van der Waals surface area contributed by atoms with Gasteiger partial charge >= 0.3 is 5.97 Å². The molecule has 0 aromatic heterocycles. The molecule has 1 saturated heterocycles. The van der Waals surface area contributed by atoms with Gasteiger partial charge in [-0.2, -0.15) is 0 Å². The summed E-state index contributed by atoms with van der Waals surface area (Å²) in [6, 6.07) is 0. The highest BCUT2D eigenvalue weighted by atomic mass is 16.4. The lowest BCUT2D eigenvalue weighted by molar-refractivity contribution is -0.139. The number of piperidine rings is 1. The van der Waals surface area contributed by atoms with Crippen LogP contribution >= 0.6 is 0 Å². The van der Waals surface area contributed by atoms with Gasteiger partial charge < -0.3 is 10.0 Å². The Bertz CT molecular complexity index is 281. The van der Waals surface area contributed by atoms with Gasteiger partial charge in [0.1, 0.15) is 0 Å². The molecule has 0 radical (unpaired) electrons. The largest absolute Gasteiger partial charge is 0.480 e. The summed E-state index contributed by atoms with van der Waals surface area (Å²) in [4.78, 5) is 25.8. The van der Waals surface area contributed by atoms with Gasteiger partial charge in [-0.25, -0.2) is 0 Å². The Labute approximate surface area is 102 Å². The molecule has 17 heavy (non-hydrogen) atoms. The molecule has 0 aromatic carbocycles. The van der Waals surface area contributed by atoms with Crippen molar-refractivity contribution in [2.45, 2.75) is 26.7 Å². The van der Waals surface area contributed by atoms with E-state index in [0.29, 0.717) is 5.92 Å². The Hall–Kier alpha value is -1.10. The van der Waals surface area contributed by atoms with Crippen molar-refractivity contribution in [3.05, 3.63) is 0 Å². The monoisotopic (exact) mass is 242 g/mol. The highest BCUT2D eigenvalue weighted by Crippen LogP contribution is 2.17. The molecule has 1 N–H and O–H groups in total. The molecule has 0 saturated carbocycles. The summed E-state index contributed by atoms with van der Waals surface area (Å²) in [6.45, 7) is 6.77. The quantitative estimate of drug-likeness (QED) is 0.769. The van der Waals surface area contributed by atoms with Crippen molar-refractivity contribution < 1.29 is 14.7 Å². The van der Waals surface area contributed by atoms with E-state index in [-0.39, 0.29) is 12.5 Å². The lowest BCUT2D eigenvalue weighted by Gasteiger charge is -2.34. The van der Waals surface area contributed by atoms with Crippen LogP contribution in [-0.4, -0.2) is 59.5 Å². The van der Waals surface area contributed by atoms with Crippen molar-refractivity contribution in [1.29, 1.82) is 0 Å². The molecular formula is C12H22N2O3. The number of hydrogen-bond donors (Lipinski definition) is 1. The maximum Gasteiger partial charge on any atom is 0.317 e. The lowest BCUT2D eigenvalue weighted by Crippen LogP contribution is -2.43. The summed E-state index contributed by atoms with van der Waals surface area (Å²) < 4.78 is 0. The van der Waals surface area contributed by atoms with Gasteiger partial charge in [-0.3, -0.25) is 14.5 Å². The molecule has 98 valence electrons. The van der Waals surface area contributed by atoms with Crippen LogP contribution in [0.4, 0.5) is 0 Å². The first-order valence-electron chi connectivity index (χ1n) is 6.22. The standard InChI is InChI=1S/C12H22N2O3/c1-3-13(9-12(16)17)7-11-5-4-6-14(8-11)10(2)15/h11H,3-9H2,1-2H3,(H,16,17). The third kappa shape index (κ3) is 4.73. The molecule has 5 heteroatoms. The normalized spacial score (nSPS) is 20.6. The van der Waals surface area contributed by atoms with Crippen LogP contribution in [-0.2, 0) is 9.59 Å². The molecule has 0 spiro atoms. The lowest BCUT2D eigenvalue weighted by atomic mass is 9.97. The van der Waals surface area contributed by atoms with Crippen LogP contribution in [0.5, 0.6) is 0 Å². The van der Waals surface area contributed by atoms with Crippen molar-refractivity contribution >= 4 is 11.9 Å². The number of carboxylic acids is 1. The molecule has 0 aliphatic carbocycles. The molecule has 0 bridgehead atoms. The van der Waals surface area contributed by atoms with E-state index in [1.54, 1.807) is 6.92 Å². The second-order valence-electron chi connectivity index (χ2n) is 4.69. The number of nitrogens with zero attached hydrogens (tertiary/aromatic N) is 2. The summed E-state index contributed by atoms with van der Waals surface area (Å²) in [7, 11) is 0. The van der Waals surface area contributed by atoms with E-state index in [2.05, 4.69) is 0 Å². The van der Waals surface area contributed by atoms with Crippen LogP contribution < -0.4 is 0 Å². The predicted octanol–water partition coefficient (Wildman–Crippen LogP) is 0.651. The fourth-order valence-corrected chi connectivity index (χ4v) is 2.36. The number of hydrogen-bond acceptors (Lipinski definition) is 3. The predicted molar refractivity (Wildman–Crippen MR) is 64.7 cm³/mol. The van der Waals surface area contributed by atoms with Gasteiger partial charge in [-0.15, -0.1) is 0 Å². The maximum absolute atomic E-state index is 11.3. The fourth-order valence-electron chi connectivity index (χ4n) is 2.36. The molecular weight excluding hydrogens is 220 g/mol. The van der Waals surface area contributed by atoms with Gasteiger partial charge in [0.05, 0.1) is 6.54 Å². The average Bonchev–Trinajstić information content (AvgIpc) is 2.28. The van der Waals surface area contributed by atoms with Gasteiger partial charge in [0.15, 0.2) is 0 Å². The number of carboxylic acid groups (broad SMARTS) is 1. The molecule has 1 amide bonds. The Kier molecular flexibility index (Phi) is 5.41. The molecule has 1 heterocycles. The first-order chi connectivity index (χ1) is 8.02. The zero-order chi connectivity index (χ0) is 12.8. The number of rotatable bonds is 5. The number of likely N-dealkylation sites (tertiary alicyclic amines) is 1. The molecule has 1 unspecified atom stereocenters. The molecule has 1 fully saturated rings. The highest BCUT2D eigenvalue weighted by molar-refractivity contribution is 5.73. The summed E-state index contributed by atoms with van der Waals surface area (Å²) in [6.07, 6.45) is 2.11. The molecule has 1 atom stereocenters. The maximum atomic E-state index is 11.3. The number of likely N-dealkylation sites (N-methyl/N-ethyl adjacent to an activating group) is 1. The van der Waals surface area contributed by atoms with Crippen molar-refractivity contribution in [2.75, 3.05) is 32.7 Å². The zero-order valence-corrected chi connectivity index (χ0v) is 10.7. The SMILES string of the molecule is CCN(CC(=O)O)CC1CCCN(C(C)=O)C1. The van der Waals surface area contributed by atoms with Gasteiger partial charge in [0.2, 0.25) is 5.91 Å². The van der Waals surface area contributed by atoms with E-state index in [1.807, 2.05) is 16.7 Å². The third-order valence-corrected chi connectivity index (χ3v) is 3.29. The fraction of sp³-hybridized carbons (Fsp3) is 0.833. The van der Waals surface area contributed by atoms with Crippen molar-refractivity contribution in [1.82, 2.24) is 9.80 Å². The second kappa shape index (κ2) is 6.59. The Morgan fingerprint density at radius 2 is 2.18 bits per heavy atom. The van der Waals surface area contributed by atoms with Crippen LogP contribution in [0.25, 0.3) is 0 Å². The molecule has 1 aliphatic rings. The Morgan fingerprint density at radius 3 is 2.71 bits per heavy atom. The van der Waals surface area contributed by atoms with Gasteiger partial charge in [-0.1, -0.05) is 6.92 Å². The van der Waals surface area contributed by atoms with E-state index >= 15 is 0 Å². The average molecular weight is 242 g/mol. The molecule has 0 aromatic rings. The van der Waals surface area contributed by atoms with E-state index < -0.39 is 5.97 Å². The van der Waals surface area contributed by atoms with Crippen LogP contribution in [0.1, 0.15) is 26.7 Å². The minimum absolute atomic E-state index is 0.0903. The molecule has 1 rings (SSSR count). The van der Waals surface area contributed by atoms with E-state index in [1.165, 1.54) is 0 Å². The summed E-state index contributed by atoms with van der Waals surface area (Å²) in [5.74, 6) is -0.256. The van der Waals surface area contributed by atoms with Gasteiger partial charge in [0, 0.05) is 26.6 Å². The third-order valence-electron chi connectivity index (χ3n) is 3.29. The van der Waals surface area contributed by atoms with E-state index in [9.17, 15) is 9.59 Å². The number of amides is 1. The van der Waals surface area contributed by atoms with Crippen molar-refractivity contribution in [3.63, 3.8) is 0 Å². The topological polar surface area (TPSA) is 60.9 Å². The minimum atomic E-state index is -0.786. The Balaban J connectivity index is 2.43. The second-order valence-corrected chi connectivity index (χ2v) is 4.69. The molecule has 5 nitrogen and oxygen atoms in total. The summed E-state index contributed by atoms with van der Waals surface area (Å²) in [5, 5.41) is 8.78. The van der Waals surface area contributed by atoms with Crippen LogP contribution in [0.2, 0.25) is 0 Å². The van der Waals surface area contributed by atoms with E-state index in [4.69, 9.17) is 5.11 Å². The van der Waals surface area contributed by atoms with Gasteiger partial charge in [0.25, 0.3) is 0 Å². The first kappa shape index (κ1) is 14.0. The van der Waals surface area contributed by atoms with E-state index in [0.717, 1.165) is 39.0 Å².